The van der Waals surface area contributed by atoms with E-state index < -0.39 is 0 Å². The zero-order valence-electron chi connectivity index (χ0n) is 8.71. The average molecular weight is 204 g/mol. The molecule has 0 unspecified atom stereocenters. The lowest BCUT2D eigenvalue weighted by Crippen LogP contribution is -2.31. The van der Waals surface area contributed by atoms with Crippen molar-refractivity contribution in [3.05, 3.63) is 0 Å². The van der Waals surface area contributed by atoms with Gasteiger partial charge in [-0.15, -0.1) is 0 Å². The molecule has 3 N–H and O–H groups in total. The molecule has 0 aromatic rings. The van der Waals surface area contributed by atoms with Gasteiger partial charge in [-0.2, -0.15) is 11.8 Å². The third kappa shape index (κ3) is 5.03. The predicted octanol–water partition coefficient (Wildman–Crippen LogP) is 2.29. The van der Waals surface area contributed by atoms with E-state index in [2.05, 4.69) is 11.4 Å². The molecule has 0 aromatic heterocycles. The van der Waals surface area contributed by atoms with Crippen LogP contribution < -0.4 is 5.73 Å². The van der Waals surface area contributed by atoms with Crippen LogP contribution in [0.4, 0.5) is 0 Å². The van der Waals surface area contributed by atoms with E-state index in [-0.39, 0.29) is 5.41 Å². The first-order valence-electron chi connectivity index (χ1n) is 4.51. The molecule has 0 atom stereocenters. The molecule has 0 aromatic carbocycles. The monoisotopic (exact) mass is 204 g/mol. The molecule has 3 nitrogen and oxygen atoms in total. The van der Waals surface area contributed by atoms with E-state index in [1.807, 2.05) is 25.6 Å². The van der Waals surface area contributed by atoms with E-state index in [9.17, 15) is 0 Å². The average Bonchev–Trinajstić information content (AvgIpc) is 2.11. The molecule has 4 heteroatoms. The van der Waals surface area contributed by atoms with Crippen molar-refractivity contribution in [2.75, 3.05) is 12.0 Å². The molecule has 0 bridgehead atoms. The highest BCUT2D eigenvalue weighted by Gasteiger charge is 2.22. The Balaban J connectivity index is 3.76. The molecule has 0 radical (unpaired) electrons. The predicted molar refractivity (Wildman–Crippen MR) is 59.4 cm³/mol. The van der Waals surface area contributed by atoms with Crippen LogP contribution in [0.3, 0.4) is 0 Å². The van der Waals surface area contributed by atoms with Crippen LogP contribution in [0.25, 0.3) is 0 Å². The number of rotatable bonds is 6. The SMILES string of the molecule is CSCCCCC(C)(C)C(N)=NO. The van der Waals surface area contributed by atoms with Crippen LogP contribution in [0, 0.1) is 5.41 Å². The molecule has 78 valence electrons. The second kappa shape index (κ2) is 6.13. The minimum atomic E-state index is -0.173. The van der Waals surface area contributed by atoms with Crippen LogP contribution >= 0.6 is 11.8 Å². The molecular weight excluding hydrogens is 184 g/mol. The Bertz CT molecular complexity index is 169. The number of nitrogens with zero attached hydrogens (tertiary/aromatic N) is 1. The summed E-state index contributed by atoms with van der Waals surface area (Å²) in [7, 11) is 0. The first kappa shape index (κ1) is 12.6. The van der Waals surface area contributed by atoms with Gasteiger partial charge in [0, 0.05) is 5.41 Å². The largest absolute Gasteiger partial charge is 0.409 e. The summed E-state index contributed by atoms with van der Waals surface area (Å²) in [6.07, 6.45) is 5.41. The molecule has 0 aliphatic heterocycles. The Morgan fingerprint density at radius 2 is 2.08 bits per heavy atom. The van der Waals surface area contributed by atoms with Gasteiger partial charge in [-0.05, 0) is 24.9 Å². The number of thioether (sulfide) groups is 1. The number of unbranched alkanes of at least 4 members (excludes halogenated alkanes) is 1. The van der Waals surface area contributed by atoms with Gasteiger partial charge in [0.2, 0.25) is 0 Å². The molecule has 0 rings (SSSR count). The topological polar surface area (TPSA) is 58.6 Å². The van der Waals surface area contributed by atoms with Crippen molar-refractivity contribution < 1.29 is 5.21 Å². The van der Waals surface area contributed by atoms with Gasteiger partial charge in [0.05, 0.1) is 0 Å². The van der Waals surface area contributed by atoms with Crippen molar-refractivity contribution in [2.45, 2.75) is 33.1 Å². The van der Waals surface area contributed by atoms with Crippen molar-refractivity contribution >= 4 is 17.6 Å². The molecule has 0 fully saturated rings. The minimum Gasteiger partial charge on any atom is -0.409 e. The Labute approximate surface area is 84.8 Å². The molecular formula is C9H20N2OS. The highest BCUT2D eigenvalue weighted by Crippen LogP contribution is 2.23. The Kier molecular flexibility index (Phi) is 5.95. The molecule has 0 heterocycles. The maximum absolute atomic E-state index is 8.53. The van der Waals surface area contributed by atoms with Crippen molar-refractivity contribution in [3.63, 3.8) is 0 Å². The van der Waals surface area contributed by atoms with Crippen LogP contribution in [0.15, 0.2) is 5.16 Å². The van der Waals surface area contributed by atoms with Gasteiger partial charge in [0.25, 0.3) is 0 Å². The van der Waals surface area contributed by atoms with Crippen LogP contribution in [-0.2, 0) is 0 Å². The third-order valence-electron chi connectivity index (χ3n) is 2.20. The number of amidine groups is 1. The van der Waals surface area contributed by atoms with Crippen LogP contribution in [0.5, 0.6) is 0 Å². The van der Waals surface area contributed by atoms with E-state index in [0.29, 0.717) is 5.84 Å². The number of oxime groups is 1. The number of hydrogen-bond acceptors (Lipinski definition) is 3. The lowest BCUT2D eigenvalue weighted by Gasteiger charge is -2.22. The zero-order chi connectivity index (χ0) is 10.3. The van der Waals surface area contributed by atoms with Gasteiger partial charge in [-0.25, -0.2) is 0 Å². The maximum Gasteiger partial charge on any atom is 0.144 e. The molecule has 0 saturated heterocycles. The summed E-state index contributed by atoms with van der Waals surface area (Å²) >= 11 is 1.86. The number of hydrogen-bond donors (Lipinski definition) is 2. The minimum absolute atomic E-state index is 0.173. The fraction of sp³-hybridized carbons (Fsp3) is 0.889. The van der Waals surface area contributed by atoms with Crippen molar-refractivity contribution in [2.24, 2.45) is 16.3 Å². The summed E-state index contributed by atoms with van der Waals surface area (Å²) in [4.78, 5) is 0. The Morgan fingerprint density at radius 1 is 1.46 bits per heavy atom. The summed E-state index contributed by atoms with van der Waals surface area (Å²) < 4.78 is 0. The van der Waals surface area contributed by atoms with Crippen molar-refractivity contribution in [1.29, 1.82) is 0 Å². The second-order valence-electron chi connectivity index (χ2n) is 3.82. The standard InChI is InChI=1S/C9H20N2OS/c1-9(2,8(10)11-12)6-4-5-7-13-3/h12H,4-7H2,1-3H3,(H2,10,11). The van der Waals surface area contributed by atoms with Gasteiger partial charge >= 0.3 is 0 Å². The second-order valence-corrected chi connectivity index (χ2v) is 4.80. The van der Waals surface area contributed by atoms with Gasteiger partial charge in [0.15, 0.2) is 0 Å². The summed E-state index contributed by atoms with van der Waals surface area (Å²) in [6.45, 7) is 4.00. The highest BCUT2D eigenvalue weighted by molar-refractivity contribution is 7.98. The highest BCUT2D eigenvalue weighted by atomic mass is 32.2. The van der Waals surface area contributed by atoms with Crippen molar-refractivity contribution in [1.82, 2.24) is 0 Å². The maximum atomic E-state index is 8.53. The first-order chi connectivity index (χ1) is 6.04. The first-order valence-corrected chi connectivity index (χ1v) is 5.91. The molecule has 0 amide bonds. The van der Waals surface area contributed by atoms with Gasteiger partial charge in [0.1, 0.15) is 5.84 Å². The van der Waals surface area contributed by atoms with Gasteiger partial charge < -0.3 is 10.9 Å². The Morgan fingerprint density at radius 3 is 2.54 bits per heavy atom. The lowest BCUT2D eigenvalue weighted by molar-refractivity contribution is 0.304. The van der Waals surface area contributed by atoms with Gasteiger partial charge in [-0.1, -0.05) is 25.4 Å². The molecule has 0 aliphatic carbocycles. The third-order valence-corrected chi connectivity index (χ3v) is 2.90. The van der Waals surface area contributed by atoms with E-state index in [4.69, 9.17) is 10.9 Å². The fourth-order valence-corrected chi connectivity index (χ4v) is 1.57. The molecule has 13 heavy (non-hydrogen) atoms. The van der Waals surface area contributed by atoms with Crippen LogP contribution in [-0.4, -0.2) is 23.1 Å². The summed E-state index contributed by atoms with van der Waals surface area (Å²) in [5.41, 5.74) is 5.39. The van der Waals surface area contributed by atoms with Crippen LogP contribution in [0.2, 0.25) is 0 Å². The quantitative estimate of drug-likeness (QED) is 0.229. The number of nitrogens with two attached hydrogens (primary N) is 1. The van der Waals surface area contributed by atoms with Crippen molar-refractivity contribution in [3.8, 4) is 0 Å². The zero-order valence-corrected chi connectivity index (χ0v) is 9.52. The molecule has 0 aliphatic rings. The summed E-state index contributed by atoms with van der Waals surface area (Å²) in [6, 6.07) is 0. The Hall–Kier alpha value is -0.380. The van der Waals surface area contributed by atoms with E-state index in [1.165, 1.54) is 12.2 Å². The molecule has 0 spiro atoms. The summed E-state index contributed by atoms with van der Waals surface area (Å²) in [5, 5.41) is 11.6. The fourth-order valence-electron chi connectivity index (χ4n) is 1.08. The van der Waals surface area contributed by atoms with E-state index >= 15 is 0 Å². The van der Waals surface area contributed by atoms with E-state index in [0.717, 1.165) is 12.8 Å². The van der Waals surface area contributed by atoms with Gasteiger partial charge in [-0.3, -0.25) is 0 Å². The normalized spacial score (nSPS) is 13.3. The lowest BCUT2D eigenvalue weighted by atomic mass is 9.86. The van der Waals surface area contributed by atoms with E-state index in [1.54, 1.807) is 0 Å². The molecule has 0 saturated carbocycles. The smallest absolute Gasteiger partial charge is 0.144 e. The summed E-state index contributed by atoms with van der Waals surface area (Å²) in [5.74, 6) is 1.52. The van der Waals surface area contributed by atoms with Crippen LogP contribution in [0.1, 0.15) is 33.1 Å².